The lowest BCUT2D eigenvalue weighted by Crippen LogP contribution is -2.35. The van der Waals surface area contributed by atoms with Crippen LogP contribution in [0.4, 0.5) is 10.5 Å². The molecule has 0 spiro atoms. The maximum absolute atomic E-state index is 13.1. The number of aromatic nitrogens is 2. The third-order valence-corrected chi connectivity index (χ3v) is 4.75. The molecule has 0 aliphatic carbocycles. The molecule has 4 aromatic rings. The minimum atomic E-state index is -0.107. The number of hydrogen-bond donors (Lipinski definition) is 1. The van der Waals surface area contributed by atoms with Gasteiger partial charge in [0.2, 0.25) is 0 Å². The van der Waals surface area contributed by atoms with Gasteiger partial charge in [-0.2, -0.15) is 0 Å². The molecule has 0 atom stereocenters. The number of fused-ring (bicyclic) bond motifs is 3. The molecule has 5 nitrogen and oxygen atoms in total. The van der Waals surface area contributed by atoms with Gasteiger partial charge in [0.25, 0.3) is 0 Å². The Bertz CT molecular complexity index is 1110. The van der Waals surface area contributed by atoms with E-state index in [0.717, 1.165) is 39.3 Å². The minimum Gasteiger partial charge on any atom is -0.320 e. The monoisotopic (exact) mass is 370 g/mol. The zero-order valence-corrected chi connectivity index (χ0v) is 15.8. The first-order valence-corrected chi connectivity index (χ1v) is 9.47. The first kappa shape index (κ1) is 17.9. The van der Waals surface area contributed by atoms with E-state index < -0.39 is 0 Å². The van der Waals surface area contributed by atoms with E-state index in [1.165, 1.54) is 0 Å². The summed E-state index contributed by atoms with van der Waals surface area (Å²) in [6.45, 7) is 3.34. The average Bonchev–Trinajstić information content (AvgIpc) is 2.74. The summed E-state index contributed by atoms with van der Waals surface area (Å²) in [5, 5.41) is 6.00. The molecule has 0 aliphatic rings. The Morgan fingerprint density at radius 2 is 1.89 bits per heavy atom. The summed E-state index contributed by atoms with van der Waals surface area (Å²) in [5.74, 6) is 0. The molecule has 2 amide bonds. The topological polar surface area (TPSA) is 58.1 Å². The van der Waals surface area contributed by atoms with Crippen LogP contribution >= 0.6 is 0 Å². The molecule has 140 valence electrons. The lowest BCUT2D eigenvalue weighted by Gasteiger charge is -2.23. The van der Waals surface area contributed by atoms with Gasteiger partial charge in [0, 0.05) is 42.5 Å². The fourth-order valence-electron chi connectivity index (χ4n) is 3.42. The van der Waals surface area contributed by atoms with Crippen LogP contribution in [0.2, 0.25) is 0 Å². The quantitative estimate of drug-likeness (QED) is 0.490. The van der Waals surface area contributed by atoms with Crippen LogP contribution in [-0.2, 0) is 6.54 Å². The van der Waals surface area contributed by atoms with Gasteiger partial charge in [-0.3, -0.25) is 9.97 Å². The third-order valence-electron chi connectivity index (χ3n) is 4.75. The van der Waals surface area contributed by atoms with Crippen molar-refractivity contribution >= 4 is 33.4 Å². The summed E-state index contributed by atoms with van der Waals surface area (Å²) in [6, 6.07) is 17.7. The second-order valence-electron chi connectivity index (χ2n) is 6.76. The summed E-state index contributed by atoms with van der Waals surface area (Å²) < 4.78 is 0. The Morgan fingerprint density at radius 1 is 1.04 bits per heavy atom. The number of nitrogens with zero attached hydrogens (tertiary/aromatic N) is 3. The lowest BCUT2D eigenvalue weighted by molar-refractivity contribution is 0.209. The van der Waals surface area contributed by atoms with Crippen molar-refractivity contribution in [2.45, 2.75) is 19.9 Å². The summed E-state index contributed by atoms with van der Waals surface area (Å²) in [4.78, 5) is 23.6. The molecule has 28 heavy (non-hydrogen) atoms. The fourth-order valence-corrected chi connectivity index (χ4v) is 3.42. The van der Waals surface area contributed by atoms with E-state index in [2.05, 4.69) is 22.2 Å². The summed E-state index contributed by atoms with van der Waals surface area (Å²) in [6.07, 6.45) is 6.22. The molecular weight excluding hydrogens is 348 g/mol. The highest BCUT2D eigenvalue weighted by Crippen LogP contribution is 2.30. The Labute approximate surface area is 164 Å². The van der Waals surface area contributed by atoms with E-state index in [-0.39, 0.29) is 6.03 Å². The number of nitrogens with one attached hydrogen (secondary N) is 1. The van der Waals surface area contributed by atoms with Gasteiger partial charge >= 0.3 is 6.03 Å². The maximum Gasteiger partial charge on any atom is 0.322 e. The third kappa shape index (κ3) is 3.64. The van der Waals surface area contributed by atoms with Crippen LogP contribution in [-0.4, -0.2) is 27.4 Å². The highest BCUT2D eigenvalue weighted by molar-refractivity contribution is 6.13. The van der Waals surface area contributed by atoms with Crippen LogP contribution in [0, 0.1) is 0 Å². The van der Waals surface area contributed by atoms with Gasteiger partial charge in [-0.25, -0.2) is 4.79 Å². The number of pyridine rings is 2. The minimum absolute atomic E-state index is 0.107. The normalized spacial score (nSPS) is 10.9. The van der Waals surface area contributed by atoms with Crippen molar-refractivity contribution in [3.05, 3.63) is 78.8 Å². The molecule has 1 N–H and O–H groups in total. The van der Waals surface area contributed by atoms with Crippen molar-refractivity contribution in [2.75, 3.05) is 11.9 Å². The predicted octanol–water partition coefficient (Wildman–Crippen LogP) is 5.23. The number of hydrogen-bond acceptors (Lipinski definition) is 3. The van der Waals surface area contributed by atoms with Gasteiger partial charge < -0.3 is 10.2 Å². The van der Waals surface area contributed by atoms with Crippen molar-refractivity contribution < 1.29 is 4.79 Å². The zero-order valence-electron chi connectivity index (χ0n) is 15.8. The van der Waals surface area contributed by atoms with Gasteiger partial charge in [0.1, 0.15) is 0 Å². The highest BCUT2D eigenvalue weighted by atomic mass is 16.2. The summed E-state index contributed by atoms with van der Waals surface area (Å²) in [7, 11) is 0. The Balaban J connectivity index is 1.68. The van der Waals surface area contributed by atoms with Crippen LogP contribution in [0.15, 0.2) is 73.2 Å². The van der Waals surface area contributed by atoms with Crippen molar-refractivity contribution in [3.8, 4) is 0 Å². The summed E-state index contributed by atoms with van der Waals surface area (Å²) in [5.41, 5.74) is 2.72. The van der Waals surface area contributed by atoms with Crippen LogP contribution < -0.4 is 5.32 Å². The van der Waals surface area contributed by atoms with Crippen molar-refractivity contribution in [3.63, 3.8) is 0 Å². The molecule has 2 heterocycles. The standard InChI is InChI=1S/C23H22N4O/c1-2-13-27(16-17-7-4-3-5-8-17)23(28)26-21-14-18-10-12-24-15-20(18)22-19(21)9-6-11-25-22/h3-12,14-15H,2,13,16H2,1H3,(H,26,28). The first-order chi connectivity index (χ1) is 13.8. The molecule has 4 rings (SSSR count). The van der Waals surface area contributed by atoms with Crippen molar-refractivity contribution in [1.82, 2.24) is 14.9 Å². The SMILES string of the molecule is CCCN(Cc1ccccc1)C(=O)Nc1cc2ccncc2c2ncccc12. The number of benzene rings is 2. The first-order valence-electron chi connectivity index (χ1n) is 9.47. The molecule has 0 unspecified atom stereocenters. The van der Waals surface area contributed by atoms with E-state index in [0.29, 0.717) is 13.1 Å². The molecule has 2 aromatic heterocycles. The molecule has 2 aromatic carbocycles. The van der Waals surface area contributed by atoms with E-state index in [1.807, 2.05) is 65.7 Å². The highest BCUT2D eigenvalue weighted by Gasteiger charge is 2.16. The number of rotatable bonds is 5. The zero-order chi connectivity index (χ0) is 19.3. The molecule has 5 heteroatoms. The van der Waals surface area contributed by atoms with Gasteiger partial charge in [-0.15, -0.1) is 0 Å². The van der Waals surface area contributed by atoms with E-state index >= 15 is 0 Å². The van der Waals surface area contributed by atoms with Gasteiger partial charge in [-0.05, 0) is 41.6 Å². The number of carbonyl (C=O) groups is 1. The number of anilines is 1. The van der Waals surface area contributed by atoms with Crippen molar-refractivity contribution in [1.29, 1.82) is 0 Å². The Morgan fingerprint density at radius 3 is 2.71 bits per heavy atom. The molecular formula is C23H22N4O. The van der Waals surface area contributed by atoms with Gasteiger partial charge in [-0.1, -0.05) is 37.3 Å². The molecule has 0 saturated heterocycles. The van der Waals surface area contributed by atoms with Crippen LogP contribution in [0.25, 0.3) is 21.7 Å². The smallest absolute Gasteiger partial charge is 0.320 e. The van der Waals surface area contributed by atoms with Crippen molar-refractivity contribution in [2.24, 2.45) is 0 Å². The second kappa shape index (κ2) is 8.05. The number of amides is 2. The molecule has 0 aliphatic heterocycles. The molecule has 0 radical (unpaired) electrons. The average molecular weight is 370 g/mol. The molecule has 0 bridgehead atoms. The fraction of sp³-hybridized carbons (Fsp3) is 0.174. The van der Waals surface area contributed by atoms with Gasteiger partial charge in [0.05, 0.1) is 11.2 Å². The molecule has 0 saturated carbocycles. The largest absolute Gasteiger partial charge is 0.322 e. The van der Waals surface area contributed by atoms with Crippen LogP contribution in [0.1, 0.15) is 18.9 Å². The second-order valence-corrected chi connectivity index (χ2v) is 6.76. The van der Waals surface area contributed by atoms with Crippen LogP contribution in [0.3, 0.4) is 0 Å². The summed E-state index contributed by atoms with van der Waals surface area (Å²) >= 11 is 0. The predicted molar refractivity (Wildman–Crippen MR) is 113 cm³/mol. The van der Waals surface area contributed by atoms with Gasteiger partial charge in [0.15, 0.2) is 0 Å². The Hall–Kier alpha value is -3.47. The number of urea groups is 1. The molecule has 0 fully saturated rings. The Kier molecular flexibility index (Phi) is 5.15. The van der Waals surface area contributed by atoms with E-state index in [9.17, 15) is 4.79 Å². The maximum atomic E-state index is 13.1. The van der Waals surface area contributed by atoms with E-state index in [1.54, 1.807) is 12.4 Å². The lowest BCUT2D eigenvalue weighted by atomic mass is 10.1. The van der Waals surface area contributed by atoms with E-state index in [4.69, 9.17) is 0 Å². The number of carbonyl (C=O) groups excluding carboxylic acids is 1. The van der Waals surface area contributed by atoms with Crippen LogP contribution in [0.5, 0.6) is 0 Å².